The van der Waals surface area contributed by atoms with Gasteiger partial charge >= 0.3 is 0 Å². The van der Waals surface area contributed by atoms with Gasteiger partial charge in [-0.1, -0.05) is 12.1 Å². The highest BCUT2D eigenvalue weighted by Gasteiger charge is 2.04. The van der Waals surface area contributed by atoms with E-state index in [0.29, 0.717) is 5.56 Å². The van der Waals surface area contributed by atoms with E-state index in [1.165, 1.54) is 0 Å². The zero-order valence-corrected chi connectivity index (χ0v) is 7.62. The smallest absolute Gasteiger partial charge is 0.0991 e. The van der Waals surface area contributed by atoms with Gasteiger partial charge in [-0.05, 0) is 30.2 Å². The molecule has 0 amide bonds. The Morgan fingerprint density at radius 2 is 2.31 bits per heavy atom. The summed E-state index contributed by atoms with van der Waals surface area (Å²) in [5.41, 5.74) is 8.51. The Kier molecular flexibility index (Phi) is 2.84. The molecule has 0 aromatic heterocycles. The molecule has 0 saturated heterocycles. The van der Waals surface area contributed by atoms with Gasteiger partial charge < -0.3 is 5.73 Å². The number of nitrogens with zero attached hydrogens (tertiary/aromatic N) is 1. The lowest BCUT2D eigenvalue weighted by atomic mass is 10.00. The first-order valence-electron chi connectivity index (χ1n) is 4.08. The Balaban J connectivity index is 3.13. The first kappa shape index (κ1) is 9.50. The largest absolute Gasteiger partial charge is 0.321 e. The van der Waals surface area contributed by atoms with E-state index in [1.807, 2.05) is 19.1 Å². The number of benzene rings is 1. The average Bonchev–Trinajstić information content (AvgIpc) is 2.16. The molecule has 13 heavy (non-hydrogen) atoms. The second kappa shape index (κ2) is 3.88. The van der Waals surface area contributed by atoms with E-state index in [-0.39, 0.29) is 6.04 Å². The predicted molar refractivity (Wildman–Crippen MR) is 53.0 cm³/mol. The minimum absolute atomic E-state index is 0.146. The normalized spacial score (nSPS) is 11.8. The second-order valence-electron chi connectivity index (χ2n) is 2.94. The molecule has 1 aromatic carbocycles. The van der Waals surface area contributed by atoms with Gasteiger partial charge in [-0.2, -0.15) is 5.26 Å². The highest BCUT2D eigenvalue weighted by atomic mass is 14.6. The Bertz CT molecular complexity index is 361. The van der Waals surface area contributed by atoms with E-state index in [2.05, 4.69) is 12.6 Å². The monoisotopic (exact) mass is 172 g/mol. The topological polar surface area (TPSA) is 49.8 Å². The molecule has 0 aliphatic rings. The van der Waals surface area contributed by atoms with Crippen LogP contribution in [0.4, 0.5) is 0 Å². The molecular formula is C11H12N2. The Hall–Kier alpha value is -1.59. The van der Waals surface area contributed by atoms with E-state index < -0.39 is 0 Å². The van der Waals surface area contributed by atoms with Crippen LogP contribution in [0.3, 0.4) is 0 Å². The fourth-order valence-corrected chi connectivity index (χ4v) is 1.25. The third-order valence-electron chi connectivity index (χ3n) is 2.01. The lowest BCUT2D eigenvalue weighted by Crippen LogP contribution is -2.08. The average molecular weight is 172 g/mol. The molecule has 1 rings (SSSR count). The molecule has 0 bridgehead atoms. The van der Waals surface area contributed by atoms with Gasteiger partial charge in [0.1, 0.15) is 0 Å². The summed E-state index contributed by atoms with van der Waals surface area (Å²) >= 11 is 0. The molecule has 66 valence electrons. The molecule has 0 fully saturated rings. The third kappa shape index (κ3) is 1.95. The minimum Gasteiger partial charge on any atom is -0.321 e. The number of nitriles is 1. The summed E-state index contributed by atoms with van der Waals surface area (Å²) in [4.78, 5) is 0. The minimum atomic E-state index is -0.146. The van der Waals surface area contributed by atoms with E-state index in [1.54, 1.807) is 12.1 Å². The Morgan fingerprint density at radius 3 is 2.77 bits per heavy atom. The standard InChI is InChI=1S/C11H12N2/c1-3-11(13)10-5-4-9(7-12)6-8(10)2/h3-6,11H,1,13H2,2H3. The lowest BCUT2D eigenvalue weighted by molar-refractivity contribution is 0.902. The quantitative estimate of drug-likeness (QED) is 0.694. The number of hydrogen-bond acceptors (Lipinski definition) is 2. The van der Waals surface area contributed by atoms with E-state index in [4.69, 9.17) is 11.0 Å². The summed E-state index contributed by atoms with van der Waals surface area (Å²) in [5.74, 6) is 0. The van der Waals surface area contributed by atoms with Gasteiger partial charge in [-0.3, -0.25) is 0 Å². The van der Waals surface area contributed by atoms with Crippen molar-refractivity contribution in [2.24, 2.45) is 5.73 Å². The van der Waals surface area contributed by atoms with Gasteiger partial charge in [-0.25, -0.2) is 0 Å². The first-order chi connectivity index (χ1) is 6.19. The van der Waals surface area contributed by atoms with Crippen LogP contribution in [0.1, 0.15) is 22.7 Å². The number of nitrogens with two attached hydrogens (primary N) is 1. The molecule has 2 heteroatoms. The summed E-state index contributed by atoms with van der Waals surface area (Å²) in [6.07, 6.45) is 1.69. The van der Waals surface area contributed by atoms with Crippen LogP contribution in [-0.4, -0.2) is 0 Å². The molecule has 0 aliphatic heterocycles. The fraction of sp³-hybridized carbons (Fsp3) is 0.182. The Morgan fingerprint density at radius 1 is 1.62 bits per heavy atom. The molecule has 1 aromatic rings. The maximum atomic E-state index is 8.65. The van der Waals surface area contributed by atoms with Crippen LogP contribution < -0.4 is 5.73 Å². The molecule has 0 spiro atoms. The highest BCUT2D eigenvalue weighted by molar-refractivity contribution is 5.39. The van der Waals surface area contributed by atoms with Crippen molar-refractivity contribution in [1.82, 2.24) is 0 Å². The van der Waals surface area contributed by atoms with Gasteiger partial charge in [0.25, 0.3) is 0 Å². The highest BCUT2D eigenvalue weighted by Crippen LogP contribution is 2.17. The van der Waals surface area contributed by atoms with Crippen molar-refractivity contribution in [3.05, 3.63) is 47.5 Å². The summed E-state index contributed by atoms with van der Waals surface area (Å²) in [5, 5.41) is 8.65. The zero-order chi connectivity index (χ0) is 9.84. The maximum absolute atomic E-state index is 8.65. The molecule has 1 unspecified atom stereocenters. The fourth-order valence-electron chi connectivity index (χ4n) is 1.25. The van der Waals surface area contributed by atoms with Crippen LogP contribution in [0.25, 0.3) is 0 Å². The van der Waals surface area contributed by atoms with Gasteiger partial charge in [0, 0.05) is 6.04 Å². The SMILES string of the molecule is C=CC(N)c1ccc(C#N)cc1C. The molecule has 2 nitrogen and oxygen atoms in total. The van der Waals surface area contributed by atoms with Crippen LogP contribution in [0, 0.1) is 18.3 Å². The number of hydrogen-bond donors (Lipinski definition) is 1. The van der Waals surface area contributed by atoms with Crippen LogP contribution in [-0.2, 0) is 0 Å². The number of aryl methyl sites for hydroxylation is 1. The second-order valence-corrected chi connectivity index (χ2v) is 2.94. The number of rotatable bonds is 2. The van der Waals surface area contributed by atoms with Gasteiger partial charge in [0.2, 0.25) is 0 Å². The predicted octanol–water partition coefficient (Wildman–Crippen LogP) is 2.05. The molecule has 0 radical (unpaired) electrons. The molecule has 2 N–H and O–H groups in total. The molecule has 0 aliphatic carbocycles. The van der Waals surface area contributed by atoms with E-state index in [9.17, 15) is 0 Å². The van der Waals surface area contributed by atoms with E-state index >= 15 is 0 Å². The summed E-state index contributed by atoms with van der Waals surface area (Å²) in [6.45, 7) is 5.57. The Labute approximate surface area is 78.3 Å². The van der Waals surface area contributed by atoms with Gasteiger partial charge in [0.15, 0.2) is 0 Å². The van der Waals surface area contributed by atoms with Crippen molar-refractivity contribution < 1.29 is 0 Å². The molecule has 0 heterocycles. The van der Waals surface area contributed by atoms with Crippen molar-refractivity contribution in [2.75, 3.05) is 0 Å². The molecular weight excluding hydrogens is 160 g/mol. The van der Waals surface area contributed by atoms with Crippen LogP contribution in [0.5, 0.6) is 0 Å². The third-order valence-corrected chi connectivity index (χ3v) is 2.01. The zero-order valence-electron chi connectivity index (χ0n) is 7.62. The van der Waals surface area contributed by atoms with Gasteiger partial charge in [0.05, 0.1) is 11.6 Å². The van der Waals surface area contributed by atoms with Gasteiger partial charge in [-0.15, -0.1) is 6.58 Å². The molecule has 0 saturated carbocycles. The van der Waals surface area contributed by atoms with Crippen LogP contribution in [0.15, 0.2) is 30.9 Å². The molecule has 1 atom stereocenters. The first-order valence-corrected chi connectivity index (χ1v) is 4.08. The van der Waals surface area contributed by atoms with Crippen molar-refractivity contribution in [3.63, 3.8) is 0 Å². The van der Waals surface area contributed by atoms with Crippen LogP contribution >= 0.6 is 0 Å². The van der Waals surface area contributed by atoms with Crippen molar-refractivity contribution in [3.8, 4) is 6.07 Å². The van der Waals surface area contributed by atoms with Crippen molar-refractivity contribution in [2.45, 2.75) is 13.0 Å². The summed E-state index contributed by atoms with van der Waals surface area (Å²) in [6, 6.07) is 7.42. The lowest BCUT2D eigenvalue weighted by Gasteiger charge is -2.09. The van der Waals surface area contributed by atoms with Crippen LogP contribution in [0.2, 0.25) is 0 Å². The summed E-state index contributed by atoms with van der Waals surface area (Å²) < 4.78 is 0. The van der Waals surface area contributed by atoms with Crippen molar-refractivity contribution in [1.29, 1.82) is 5.26 Å². The van der Waals surface area contributed by atoms with E-state index in [0.717, 1.165) is 11.1 Å². The maximum Gasteiger partial charge on any atom is 0.0991 e. The summed E-state index contributed by atoms with van der Waals surface area (Å²) in [7, 11) is 0. The van der Waals surface area contributed by atoms with Crippen molar-refractivity contribution >= 4 is 0 Å².